The van der Waals surface area contributed by atoms with Crippen LogP contribution >= 0.6 is 0 Å². The van der Waals surface area contributed by atoms with Crippen molar-refractivity contribution < 1.29 is 18.7 Å². The van der Waals surface area contributed by atoms with E-state index in [9.17, 15) is 14.0 Å². The molecule has 0 saturated heterocycles. The summed E-state index contributed by atoms with van der Waals surface area (Å²) in [5.74, 6) is -0.334. The Labute approximate surface area is 231 Å². The standard InChI is InChI=1S/C31H28FN5O3/c1-40-26-17-13-23(14-18-26)20-36(29(38)21-37-28-10-6-5-9-27(28)34-35-37)30(24-7-3-2-4-8-24)31(39)33-19-22-11-15-25(32)16-12-22/h2-18,30H,19-21H2,1H3,(H,33,39). The van der Waals surface area contributed by atoms with Crippen molar-refractivity contribution in [2.75, 3.05) is 7.11 Å². The highest BCUT2D eigenvalue weighted by Gasteiger charge is 2.32. The largest absolute Gasteiger partial charge is 0.497 e. The van der Waals surface area contributed by atoms with Crippen LogP contribution in [0.25, 0.3) is 11.0 Å². The number of carbonyl (C=O) groups excluding carboxylic acids is 2. The zero-order valence-electron chi connectivity index (χ0n) is 21.9. The molecule has 1 atom stereocenters. The molecule has 9 heteroatoms. The van der Waals surface area contributed by atoms with Crippen LogP contribution < -0.4 is 10.1 Å². The van der Waals surface area contributed by atoms with Gasteiger partial charge in [0.05, 0.1) is 12.6 Å². The third-order valence-electron chi connectivity index (χ3n) is 6.59. The maximum Gasteiger partial charge on any atom is 0.247 e. The normalized spacial score (nSPS) is 11.7. The van der Waals surface area contributed by atoms with Crippen LogP contribution in [0.1, 0.15) is 22.7 Å². The Hall–Kier alpha value is -5.05. The van der Waals surface area contributed by atoms with Gasteiger partial charge in [-0.1, -0.05) is 71.9 Å². The number of nitrogens with zero attached hydrogens (tertiary/aromatic N) is 4. The monoisotopic (exact) mass is 537 g/mol. The third-order valence-corrected chi connectivity index (χ3v) is 6.59. The average Bonchev–Trinajstić information content (AvgIpc) is 3.40. The van der Waals surface area contributed by atoms with Crippen molar-refractivity contribution >= 4 is 22.8 Å². The lowest BCUT2D eigenvalue weighted by molar-refractivity contribution is -0.142. The minimum absolute atomic E-state index is 0.106. The fraction of sp³-hybridized carbons (Fsp3) is 0.161. The molecule has 5 aromatic rings. The maximum absolute atomic E-state index is 14.0. The first kappa shape index (κ1) is 26.6. The highest BCUT2D eigenvalue weighted by Crippen LogP contribution is 2.26. The molecule has 0 radical (unpaired) electrons. The van der Waals surface area contributed by atoms with Gasteiger partial charge in [-0.15, -0.1) is 5.10 Å². The second kappa shape index (κ2) is 12.2. The highest BCUT2D eigenvalue weighted by atomic mass is 19.1. The Bertz CT molecular complexity index is 1590. The summed E-state index contributed by atoms with van der Waals surface area (Å²) in [5.41, 5.74) is 3.61. The lowest BCUT2D eigenvalue weighted by atomic mass is 10.0. The summed E-state index contributed by atoms with van der Waals surface area (Å²) in [6.07, 6.45) is 0. The van der Waals surface area contributed by atoms with Crippen LogP contribution in [-0.4, -0.2) is 38.8 Å². The molecule has 5 rings (SSSR count). The molecule has 4 aromatic carbocycles. The molecule has 0 aliphatic heterocycles. The van der Waals surface area contributed by atoms with E-state index in [1.807, 2.05) is 78.9 Å². The van der Waals surface area contributed by atoms with E-state index in [1.165, 1.54) is 16.8 Å². The van der Waals surface area contributed by atoms with E-state index >= 15 is 0 Å². The van der Waals surface area contributed by atoms with E-state index in [-0.39, 0.29) is 37.3 Å². The van der Waals surface area contributed by atoms with Gasteiger partial charge in [0.25, 0.3) is 0 Å². The third kappa shape index (κ3) is 6.15. The molecular weight excluding hydrogens is 509 g/mol. The van der Waals surface area contributed by atoms with Crippen molar-refractivity contribution in [2.45, 2.75) is 25.7 Å². The van der Waals surface area contributed by atoms with Gasteiger partial charge in [0.15, 0.2) is 0 Å². The van der Waals surface area contributed by atoms with E-state index in [0.717, 1.165) is 16.6 Å². The van der Waals surface area contributed by atoms with Crippen molar-refractivity contribution in [3.63, 3.8) is 0 Å². The van der Waals surface area contributed by atoms with Crippen LogP contribution in [0.4, 0.5) is 4.39 Å². The minimum atomic E-state index is -0.939. The van der Waals surface area contributed by atoms with E-state index < -0.39 is 6.04 Å². The van der Waals surface area contributed by atoms with E-state index in [2.05, 4.69) is 15.6 Å². The van der Waals surface area contributed by atoms with Crippen LogP contribution in [0.15, 0.2) is 103 Å². The predicted molar refractivity (Wildman–Crippen MR) is 149 cm³/mol. The maximum atomic E-state index is 14.0. The second-order valence-corrected chi connectivity index (χ2v) is 9.26. The number of fused-ring (bicyclic) bond motifs is 1. The molecule has 1 aromatic heterocycles. The number of rotatable bonds is 10. The average molecular weight is 538 g/mol. The lowest BCUT2D eigenvalue weighted by Crippen LogP contribution is -2.44. The number of ether oxygens (including phenoxy) is 1. The molecule has 0 fully saturated rings. The molecule has 0 aliphatic rings. The molecule has 0 bridgehead atoms. The number of hydrogen-bond acceptors (Lipinski definition) is 5. The van der Waals surface area contributed by atoms with Crippen molar-refractivity contribution in [2.24, 2.45) is 0 Å². The molecule has 8 nitrogen and oxygen atoms in total. The smallest absolute Gasteiger partial charge is 0.247 e. The number of carbonyl (C=O) groups is 2. The Morgan fingerprint density at radius 3 is 2.30 bits per heavy atom. The Morgan fingerprint density at radius 1 is 0.900 bits per heavy atom. The van der Waals surface area contributed by atoms with E-state index in [0.29, 0.717) is 16.8 Å². The van der Waals surface area contributed by atoms with Gasteiger partial charge >= 0.3 is 0 Å². The van der Waals surface area contributed by atoms with Crippen molar-refractivity contribution in [1.82, 2.24) is 25.2 Å². The number of aromatic nitrogens is 3. The lowest BCUT2D eigenvalue weighted by Gasteiger charge is -2.31. The van der Waals surface area contributed by atoms with Crippen LogP contribution in [-0.2, 0) is 29.2 Å². The first-order chi connectivity index (χ1) is 19.5. The van der Waals surface area contributed by atoms with Gasteiger partial charge in [0, 0.05) is 13.1 Å². The summed E-state index contributed by atoms with van der Waals surface area (Å²) in [6.45, 7) is 0.241. The second-order valence-electron chi connectivity index (χ2n) is 9.26. The van der Waals surface area contributed by atoms with Gasteiger partial charge in [-0.3, -0.25) is 9.59 Å². The topological polar surface area (TPSA) is 89.3 Å². The molecule has 0 aliphatic carbocycles. The highest BCUT2D eigenvalue weighted by molar-refractivity contribution is 5.89. The fourth-order valence-electron chi connectivity index (χ4n) is 4.50. The first-order valence-corrected chi connectivity index (χ1v) is 12.8. The van der Waals surface area contributed by atoms with E-state index in [1.54, 1.807) is 24.1 Å². The Morgan fingerprint density at radius 2 is 1.57 bits per heavy atom. The Balaban J connectivity index is 1.49. The summed E-state index contributed by atoms with van der Waals surface area (Å²) in [7, 11) is 1.59. The number of benzene rings is 4. The van der Waals surface area contributed by atoms with Crippen molar-refractivity contribution in [3.8, 4) is 5.75 Å². The number of nitrogens with one attached hydrogen (secondary N) is 1. The number of methoxy groups -OCH3 is 1. The van der Waals surface area contributed by atoms with Crippen LogP contribution in [0, 0.1) is 5.82 Å². The van der Waals surface area contributed by atoms with Crippen molar-refractivity contribution in [3.05, 3.63) is 126 Å². The molecule has 1 N–H and O–H groups in total. The number of para-hydroxylation sites is 1. The Kier molecular flexibility index (Phi) is 8.10. The van der Waals surface area contributed by atoms with Crippen molar-refractivity contribution in [1.29, 1.82) is 0 Å². The zero-order chi connectivity index (χ0) is 27.9. The summed E-state index contributed by atoms with van der Waals surface area (Å²) in [6, 6.07) is 28.9. The van der Waals surface area contributed by atoms with Crippen LogP contribution in [0.2, 0.25) is 0 Å². The summed E-state index contributed by atoms with van der Waals surface area (Å²) < 4.78 is 20.2. The van der Waals surface area contributed by atoms with Crippen LogP contribution in [0.5, 0.6) is 5.75 Å². The molecule has 40 heavy (non-hydrogen) atoms. The molecule has 202 valence electrons. The molecular formula is C31H28FN5O3. The summed E-state index contributed by atoms with van der Waals surface area (Å²) in [4.78, 5) is 29.4. The number of halogens is 1. The van der Waals surface area contributed by atoms with Crippen LogP contribution in [0.3, 0.4) is 0 Å². The molecule has 1 heterocycles. The SMILES string of the molecule is COc1ccc(CN(C(=O)Cn2nnc3ccccc32)C(C(=O)NCc2ccc(F)cc2)c2ccccc2)cc1. The quantitative estimate of drug-likeness (QED) is 0.280. The number of hydrogen-bond donors (Lipinski definition) is 1. The van der Waals surface area contributed by atoms with E-state index in [4.69, 9.17) is 4.74 Å². The predicted octanol–water partition coefficient (Wildman–Crippen LogP) is 4.67. The van der Waals surface area contributed by atoms with Gasteiger partial charge in [-0.2, -0.15) is 0 Å². The minimum Gasteiger partial charge on any atom is -0.497 e. The van der Waals surface area contributed by atoms with Gasteiger partial charge in [-0.25, -0.2) is 9.07 Å². The first-order valence-electron chi connectivity index (χ1n) is 12.8. The molecule has 0 saturated carbocycles. The number of amides is 2. The molecule has 1 unspecified atom stereocenters. The van der Waals surface area contributed by atoms with Gasteiger partial charge < -0.3 is 15.0 Å². The molecule has 2 amide bonds. The summed E-state index contributed by atoms with van der Waals surface area (Å²) in [5, 5.41) is 11.3. The summed E-state index contributed by atoms with van der Waals surface area (Å²) >= 11 is 0. The fourth-order valence-corrected chi connectivity index (χ4v) is 4.50. The van der Waals surface area contributed by atoms with Gasteiger partial charge in [0.2, 0.25) is 11.8 Å². The van der Waals surface area contributed by atoms with Gasteiger partial charge in [-0.05, 0) is 53.1 Å². The zero-order valence-corrected chi connectivity index (χ0v) is 21.9. The van der Waals surface area contributed by atoms with Gasteiger partial charge in [0.1, 0.15) is 29.7 Å². The molecule has 0 spiro atoms.